The number of aryl methyl sites for hydroxylation is 3. The zero-order chi connectivity index (χ0) is 18.0. The summed E-state index contributed by atoms with van der Waals surface area (Å²) in [7, 11) is 0. The third-order valence-electron chi connectivity index (χ3n) is 4.75. The standard InChI is InChI=1S/C21H24N2O2/c1-4-19-22-18-7-5-6-14(2)20(18)23(19)17-12-10-16(11-13-17)9-8-15(3)21(24)25/h5-7,10-13,15H,4,8-9H2,1-3H3,(H,24,25). The molecule has 0 spiro atoms. The molecule has 0 aliphatic heterocycles. The molecule has 4 nitrogen and oxygen atoms in total. The van der Waals surface area contributed by atoms with Crippen molar-refractivity contribution in [2.45, 2.75) is 40.0 Å². The van der Waals surface area contributed by atoms with Gasteiger partial charge in [0.05, 0.1) is 17.0 Å². The molecule has 1 N–H and O–H groups in total. The van der Waals surface area contributed by atoms with Crippen molar-refractivity contribution < 1.29 is 9.90 Å². The van der Waals surface area contributed by atoms with Crippen molar-refractivity contribution in [3.8, 4) is 5.69 Å². The van der Waals surface area contributed by atoms with Gasteiger partial charge in [-0.1, -0.05) is 38.1 Å². The lowest BCUT2D eigenvalue weighted by molar-refractivity contribution is -0.141. The van der Waals surface area contributed by atoms with E-state index in [0.29, 0.717) is 6.42 Å². The van der Waals surface area contributed by atoms with Crippen molar-refractivity contribution in [2.24, 2.45) is 5.92 Å². The molecule has 1 unspecified atom stereocenters. The molecule has 0 aliphatic carbocycles. The van der Waals surface area contributed by atoms with Crippen LogP contribution in [0.15, 0.2) is 42.5 Å². The van der Waals surface area contributed by atoms with Crippen LogP contribution in [0, 0.1) is 12.8 Å². The van der Waals surface area contributed by atoms with Crippen LogP contribution < -0.4 is 0 Å². The first-order valence-electron chi connectivity index (χ1n) is 8.80. The van der Waals surface area contributed by atoms with E-state index in [-0.39, 0.29) is 5.92 Å². The molecule has 3 aromatic rings. The molecule has 1 aromatic heterocycles. The summed E-state index contributed by atoms with van der Waals surface area (Å²) in [5.74, 6) is 0.00716. The van der Waals surface area contributed by atoms with Gasteiger partial charge in [-0.15, -0.1) is 0 Å². The van der Waals surface area contributed by atoms with Gasteiger partial charge in [0.25, 0.3) is 0 Å². The van der Waals surface area contributed by atoms with Crippen LogP contribution in [0.3, 0.4) is 0 Å². The molecule has 3 rings (SSSR count). The number of para-hydroxylation sites is 1. The Morgan fingerprint density at radius 3 is 2.56 bits per heavy atom. The van der Waals surface area contributed by atoms with Crippen LogP contribution in [-0.4, -0.2) is 20.6 Å². The van der Waals surface area contributed by atoms with E-state index in [0.717, 1.165) is 41.0 Å². The number of carbonyl (C=O) groups is 1. The van der Waals surface area contributed by atoms with Crippen molar-refractivity contribution in [1.82, 2.24) is 9.55 Å². The molecule has 25 heavy (non-hydrogen) atoms. The van der Waals surface area contributed by atoms with Crippen LogP contribution in [0.4, 0.5) is 0 Å². The highest BCUT2D eigenvalue weighted by molar-refractivity contribution is 5.81. The van der Waals surface area contributed by atoms with E-state index in [1.54, 1.807) is 6.92 Å². The van der Waals surface area contributed by atoms with Gasteiger partial charge >= 0.3 is 5.97 Å². The van der Waals surface area contributed by atoms with E-state index < -0.39 is 5.97 Å². The largest absolute Gasteiger partial charge is 0.481 e. The summed E-state index contributed by atoms with van der Waals surface area (Å²) in [6, 6.07) is 14.6. The Balaban J connectivity index is 1.92. The number of carboxylic acids is 1. The molecule has 0 aliphatic rings. The fourth-order valence-corrected chi connectivity index (χ4v) is 3.18. The summed E-state index contributed by atoms with van der Waals surface area (Å²) in [5, 5.41) is 9.00. The van der Waals surface area contributed by atoms with E-state index in [9.17, 15) is 4.79 Å². The molecule has 0 bridgehead atoms. The second-order valence-corrected chi connectivity index (χ2v) is 6.60. The monoisotopic (exact) mass is 336 g/mol. The predicted octanol–water partition coefficient (Wildman–Crippen LogP) is 4.55. The fourth-order valence-electron chi connectivity index (χ4n) is 3.18. The maximum absolute atomic E-state index is 10.9. The van der Waals surface area contributed by atoms with Gasteiger partial charge in [0.15, 0.2) is 0 Å². The van der Waals surface area contributed by atoms with Gasteiger partial charge in [-0.25, -0.2) is 4.98 Å². The third-order valence-corrected chi connectivity index (χ3v) is 4.75. The molecule has 130 valence electrons. The lowest BCUT2D eigenvalue weighted by Crippen LogP contribution is -2.10. The number of hydrogen-bond acceptors (Lipinski definition) is 2. The average molecular weight is 336 g/mol. The maximum Gasteiger partial charge on any atom is 0.306 e. The van der Waals surface area contributed by atoms with Gasteiger partial charge in [-0.2, -0.15) is 0 Å². The zero-order valence-electron chi connectivity index (χ0n) is 15.0. The zero-order valence-corrected chi connectivity index (χ0v) is 15.0. The number of aromatic nitrogens is 2. The number of hydrogen-bond donors (Lipinski definition) is 1. The number of carboxylic acid groups (broad SMARTS) is 1. The molecule has 0 amide bonds. The highest BCUT2D eigenvalue weighted by Gasteiger charge is 2.13. The van der Waals surface area contributed by atoms with Crippen LogP contribution in [-0.2, 0) is 17.6 Å². The lowest BCUT2D eigenvalue weighted by Gasteiger charge is -2.11. The molecule has 4 heteroatoms. The first kappa shape index (κ1) is 17.2. The van der Waals surface area contributed by atoms with Crippen LogP contribution >= 0.6 is 0 Å². The molecule has 0 fully saturated rings. The van der Waals surface area contributed by atoms with Crippen molar-refractivity contribution in [2.75, 3.05) is 0 Å². The highest BCUT2D eigenvalue weighted by atomic mass is 16.4. The summed E-state index contributed by atoms with van der Waals surface area (Å²) in [4.78, 5) is 15.7. The van der Waals surface area contributed by atoms with Gasteiger partial charge < -0.3 is 5.11 Å². The Labute approximate surface area is 148 Å². The van der Waals surface area contributed by atoms with Gasteiger partial charge in [0, 0.05) is 12.1 Å². The van der Waals surface area contributed by atoms with Crippen LogP contribution in [0.1, 0.15) is 37.2 Å². The SMILES string of the molecule is CCc1nc2cccc(C)c2n1-c1ccc(CCC(C)C(=O)O)cc1. The highest BCUT2D eigenvalue weighted by Crippen LogP contribution is 2.25. The number of benzene rings is 2. The van der Waals surface area contributed by atoms with Crippen molar-refractivity contribution in [3.63, 3.8) is 0 Å². The van der Waals surface area contributed by atoms with E-state index in [1.807, 2.05) is 6.07 Å². The number of rotatable bonds is 6. The minimum absolute atomic E-state index is 0.313. The first-order valence-corrected chi connectivity index (χ1v) is 8.80. The summed E-state index contributed by atoms with van der Waals surface area (Å²) in [6.45, 7) is 5.99. The number of fused-ring (bicyclic) bond motifs is 1. The van der Waals surface area contributed by atoms with Crippen molar-refractivity contribution in [1.29, 1.82) is 0 Å². The van der Waals surface area contributed by atoms with Gasteiger partial charge in [-0.05, 0) is 49.1 Å². The van der Waals surface area contributed by atoms with E-state index >= 15 is 0 Å². The molecule has 1 heterocycles. The van der Waals surface area contributed by atoms with Crippen molar-refractivity contribution >= 4 is 17.0 Å². The number of imidazole rings is 1. The van der Waals surface area contributed by atoms with E-state index in [2.05, 4.69) is 54.8 Å². The van der Waals surface area contributed by atoms with E-state index in [4.69, 9.17) is 10.1 Å². The Morgan fingerprint density at radius 2 is 1.92 bits per heavy atom. The van der Waals surface area contributed by atoms with Gasteiger partial charge in [-0.3, -0.25) is 9.36 Å². The van der Waals surface area contributed by atoms with Crippen LogP contribution in [0.25, 0.3) is 16.7 Å². The first-order chi connectivity index (χ1) is 12.0. The molecular formula is C21H24N2O2. The molecule has 0 saturated heterocycles. The molecule has 1 atom stereocenters. The molecular weight excluding hydrogens is 312 g/mol. The Bertz CT molecular complexity index is 894. The minimum atomic E-state index is -0.732. The Kier molecular flexibility index (Phi) is 4.88. The predicted molar refractivity (Wildman–Crippen MR) is 100 cm³/mol. The summed E-state index contributed by atoms with van der Waals surface area (Å²) >= 11 is 0. The van der Waals surface area contributed by atoms with Gasteiger partial charge in [0.1, 0.15) is 5.82 Å². The second kappa shape index (κ2) is 7.09. The average Bonchev–Trinajstić information content (AvgIpc) is 3.00. The van der Waals surface area contributed by atoms with Gasteiger partial charge in [0.2, 0.25) is 0 Å². The third kappa shape index (κ3) is 3.43. The van der Waals surface area contributed by atoms with Crippen LogP contribution in [0.2, 0.25) is 0 Å². The smallest absolute Gasteiger partial charge is 0.306 e. The molecule has 2 aromatic carbocycles. The van der Waals surface area contributed by atoms with E-state index in [1.165, 1.54) is 5.56 Å². The molecule has 0 saturated carbocycles. The maximum atomic E-state index is 10.9. The summed E-state index contributed by atoms with van der Waals surface area (Å²) in [6.07, 6.45) is 2.30. The lowest BCUT2D eigenvalue weighted by atomic mass is 10.0. The number of aliphatic carboxylic acids is 1. The van der Waals surface area contributed by atoms with Crippen molar-refractivity contribution in [3.05, 3.63) is 59.4 Å². The quantitative estimate of drug-likeness (QED) is 0.718. The Hall–Kier alpha value is -2.62. The second-order valence-electron chi connectivity index (χ2n) is 6.60. The Morgan fingerprint density at radius 1 is 1.20 bits per heavy atom. The fraction of sp³-hybridized carbons (Fsp3) is 0.333. The summed E-state index contributed by atoms with van der Waals surface area (Å²) in [5.41, 5.74) is 5.66. The minimum Gasteiger partial charge on any atom is -0.481 e. The summed E-state index contributed by atoms with van der Waals surface area (Å²) < 4.78 is 2.23. The molecule has 0 radical (unpaired) electrons. The topological polar surface area (TPSA) is 55.1 Å². The van der Waals surface area contributed by atoms with Crippen LogP contribution in [0.5, 0.6) is 0 Å². The normalized spacial score (nSPS) is 12.4. The number of nitrogens with zero attached hydrogens (tertiary/aromatic N) is 2.